The predicted octanol–water partition coefficient (Wildman–Crippen LogP) is 4.29. The van der Waals surface area contributed by atoms with E-state index in [-0.39, 0.29) is 11.7 Å². The molecule has 6 heteroatoms. The van der Waals surface area contributed by atoms with Gasteiger partial charge in [0.15, 0.2) is 5.82 Å². The summed E-state index contributed by atoms with van der Waals surface area (Å²) in [5, 5.41) is 7.66. The zero-order valence-corrected chi connectivity index (χ0v) is 13.0. The fourth-order valence-electron chi connectivity index (χ4n) is 2.23. The number of carbonyl (C=O) groups excluding carboxylic acids is 1. The van der Waals surface area contributed by atoms with Crippen LogP contribution in [-0.4, -0.2) is 15.7 Å². The van der Waals surface area contributed by atoms with Crippen LogP contribution in [0.25, 0.3) is 16.9 Å². The quantitative estimate of drug-likeness (QED) is 0.779. The standard InChI is InChI=1S/C17H13ClFN3O/c1-11(23)20-17-10-16(12-2-4-13(18)5-3-12)22(21-17)15-8-6-14(19)7-9-15/h2-10H,1H3,(H,20,21,23). The van der Waals surface area contributed by atoms with Crippen LogP contribution in [0.3, 0.4) is 0 Å². The maximum atomic E-state index is 13.1. The van der Waals surface area contributed by atoms with Gasteiger partial charge in [0.2, 0.25) is 5.91 Å². The predicted molar refractivity (Wildman–Crippen MR) is 88.3 cm³/mol. The number of hydrogen-bond acceptors (Lipinski definition) is 2. The summed E-state index contributed by atoms with van der Waals surface area (Å²) in [7, 11) is 0. The number of halogens is 2. The third-order valence-electron chi connectivity index (χ3n) is 3.22. The van der Waals surface area contributed by atoms with Crippen LogP contribution in [0.4, 0.5) is 10.2 Å². The van der Waals surface area contributed by atoms with Crippen LogP contribution in [0.2, 0.25) is 5.02 Å². The lowest BCUT2D eigenvalue weighted by atomic mass is 10.1. The van der Waals surface area contributed by atoms with Crippen molar-refractivity contribution in [3.05, 3.63) is 65.4 Å². The van der Waals surface area contributed by atoms with E-state index < -0.39 is 0 Å². The molecule has 0 bridgehead atoms. The highest BCUT2D eigenvalue weighted by molar-refractivity contribution is 6.30. The molecule has 0 aliphatic carbocycles. The molecule has 3 aromatic rings. The van der Waals surface area contributed by atoms with E-state index in [4.69, 9.17) is 11.6 Å². The zero-order valence-electron chi connectivity index (χ0n) is 12.3. The maximum Gasteiger partial charge on any atom is 0.222 e. The average molecular weight is 330 g/mol. The van der Waals surface area contributed by atoms with Gasteiger partial charge in [-0.05, 0) is 36.4 Å². The fourth-order valence-corrected chi connectivity index (χ4v) is 2.35. The highest BCUT2D eigenvalue weighted by atomic mass is 35.5. The van der Waals surface area contributed by atoms with E-state index in [1.807, 2.05) is 12.1 Å². The van der Waals surface area contributed by atoms with Gasteiger partial charge < -0.3 is 5.32 Å². The third kappa shape index (κ3) is 3.40. The first-order chi connectivity index (χ1) is 11.0. The summed E-state index contributed by atoms with van der Waals surface area (Å²) in [5.74, 6) is -0.112. The number of amides is 1. The summed E-state index contributed by atoms with van der Waals surface area (Å²) in [6.45, 7) is 1.42. The van der Waals surface area contributed by atoms with Crippen LogP contribution < -0.4 is 5.32 Å². The highest BCUT2D eigenvalue weighted by Crippen LogP contribution is 2.27. The van der Waals surface area contributed by atoms with Gasteiger partial charge in [-0.3, -0.25) is 4.79 Å². The summed E-state index contributed by atoms with van der Waals surface area (Å²) in [4.78, 5) is 11.3. The van der Waals surface area contributed by atoms with Gasteiger partial charge in [-0.15, -0.1) is 5.10 Å². The van der Waals surface area contributed by atoms with Gasteiger partial charge in [-0.2, -0.15) is 0 Å². The number of rotatable bonds is 3. The second-order valence-corrected chi connectivity index (χ2v) is 5.43. The number of benzene rings is 2. The average Bonchev–Trinajstić information content (AvgIpc) is 2.91. The van der Waals surface area contributed by atoms with Gasteiger partial charge in [-0.1, -0.05) is 23.7 Å². The van der Waals surface area contributed by atoms with Crippen LogP contribution in [0.1, 0.15) is 6.92 Å². The van der Waals surface area contributed by atoms with Crippen molar-refractivity contribution in [1.82, 2.24) is 9.78 Å². The second-order valence-electron chi connectivity index (χ2n) is 4.99. The maximum absolute atomic E-state index is 13.1. The number of nitrogens with zero attached hydrogens (tertiary/aromatic N) is 2. The summed E-state index contributed by atoms with van der Waals surface area (Å²) >= 11 is 5.93. The van der Waals surface area contributed by atoms with E-state index in [0.717, 1.165) is 11.3 Å². The van der Waals surface area contributed by atoms with E-state index in [9.17, 15) is 9.18 Å². The molecule has 4 nitrogen and oxygen atoms in total. The highest BCUT2D eigenvalue weighted by Gasteiger charge is 2.12. The molecule has 0 spiro atoms. The lowest BCUT2D eigenvalue weighted by Crippen LogP contribution is -2.07. The zero-order chi connectivity index (χ0) is 16.4. The Morgan fingerprint density at radius 3 is 2.39 bits per heavy atom. The lowest BCUT2D eigenvalue weighted by Gasteiger charge is -2.07. The van der Waals surface area contributed by atoms with Crippen molar-refractivity contribution in [2.75, 3.05) is 5.32 Å². The Balaban J connectivity index is 2.12. The van der Waals surface area contributed by atoms with E-state index in [2.05, 4.69) is 10.4 Å². The first-order valence-corrected chi connectivity index (χ1v) is 7.30. The SMILES string of the molecule is CC(=O)Nc1cc(-c2ccc(Cl)cc2)n(-c2ccc(F)cc2)n1. The molecular formula is C17H13ClFN3O. The van der Waals surface area contributed by atoms with Gasteiger partial charge in [0.05, 0.1) is 11.4 Å². The molecule has 2 aromatic carbocycles. The summed E-state index contributed by atoms with van der Waals surface area (Å²) in [6.07, 6.45) is 0. The molecule has 116 valence electrons. The van der Waals surface area contributed by atoms with Crippen LogP contribution in [0.15, 0.2) is 54.6 Å². The number of aromatic nitrogens is 2. The molecule has 0 radical (unpaired) electrons. The normalized spacial score (nSPS) is 10.6. The first-order valence-electron chi connectivity index (χ1n) is 6.92. The molecule has 1 N–H and O–H groups in total. The molecule has 0 unspecified atom stereocenters. The molecule has 1 amide bonds. The van der Waals surface area contributed by atoms with Crippen molar-refractivity contribution in [3.8, 4) is 16.9 Å². The minimum absolute atomic E-state index is 0.212. The molecule has 0 atom stereocenters. The number of hydrogen-bond donors (Lipinski definition) is 1. The van der Waals surface area contributed by atoms with Gasteiger partial charge in [-0.25, -0.2) is 9.07 Å². The van der Waals surface area contributed by atoms with Crippen molar-refractivity contribution in [2.45, 2.75) is 6.92 Å². The molecule has 23 heavy (non-hydrogen) atoms. The van der Waals surface area contributed by atoms with Crippen molar-refractivity contribution in [1.29, 1.82) is 0 Å². The summed E-state index contributed by atoms with van der Waals surface area (Å²) < 4.78 is 14.8. The molecule has 0 fully saturated rings. The monoisotopic (exact) mass is 329 g/mol. The Hall–Kier alpha value is -2.66. The fraction of sp³-hybridized carbons (Fsp3) is 0.0588. The van der Waals surface area contributed by atoms with Crippen molar-refractivity contribution in [3.63, 3.8) is 0 Å². The number of carbonyl (C=O) groups is 1. The molecule has 0 saturated carbocycles. The smallest absolute Gasteiger partial charge is 0.222 e. The van der Waals surface area contributed by atoms with E-state index in [1.165, 1.54) is 19.1 Å². The van der Waals surface area contributed by atoms with Gasteiger partial charge >= 0.3 is 0 Å². The molecule has 1 aromatic heterocycles. The van der Waals surface area contributed by atoms with E-state index in [1.54, 1.807) is 35.0 Å². The van der Waals surface area contributed by atoms with Crippen LogP contribution in [0.5, 0.6) is 0 Å². The lowest BCUT2D eigenvalue weighted by molar-refractivity contribution is -0.114. The minimum Gasteiger partial charge on any atom is -0.309 e. The largest absolute Gasteiger partial charge is 0.309 e. The third-order valence-corrected chi connectivity index (χ3v) is 3.48. The summed E-state index contributed by atoms with van der Waals surface area (Å²) in [6, 6.07) is 15.0. The first kappa shape index (κ1) is 15.2. The molecule has 0 saturated heterocycles. The van der Waals surface area contributed by atoms with Crippen molar-refractivity contribution < 1.29 is 9.18 Å². The Morgan fingerprint density at radius 1 is 1.13 bits per heavy atom. The number of anilines is 1. The second kappa shape index (κ2) is 6.22. The Labute approximate surface area is 137 Å². The van der Waals surface area contributed by atoms with Crippen molar-refractivity contribution >= 4 is 23.3 Å². The van der Waals surface area contributed by atoms with Gasteiger partial charge in [0.25, 0.3) is 0 Å². The Morgan fingerprint density at radius 2 is 1.78 bits per heavy atom. The Kier molecular flexibility index (Phi) is 4.12. The van der Waals surface area contributed by atoms with Crippen LogP contribution in [0, 0.1) is 5.82 Å². The topological polar surface area (TPSA) is 46.9 Å². The van der Waals surface area contributed by atoms with Crippen LogP contribution in [-0.2, 0) is 4.79 Å². The molecule has 1 heterocycles. The molecule has 3 rings (SSSR count). The Bertz CT molecular complexity index is 778. The van der Waals surface area contributed by atoms with E-state index in [0.29, 0.717) is 16.5 Å². The number of nitrogens with one attached hydrogen (secondary N) is 1. The van der Waals surface area contributed by atoms with Gasteiger partial charge in [0, 0.05) is 23.6 Å². The molecular weight excluding hydrogens is 317 g/mol. The molecule has 0 aliphatic heterocycles. The van der Waals surface area contributed by atoms with Crippen LogP contribution >= 0.6 is 11.6 Å². The van der Waals surface area contributed by atoms with Crippen molar-refractivity contribution in [2.24, 2.45) is 0 Å². The minimum atomic E-state index is -0.323. The molecule has 0 aliphatic rings. The van der Waals surface area contributed by atoms with Gasteiger partial charge in [0.1, 0.15) is 5.82 Å². The summed E-state index contributed by atoms with van der Waals surface area (Å²) in [5.41, 5.74) is 2.33. The van der Waals surface area contributed by atoms with E-state index >= 15 is 0 Å².